The number of thiophene rings is 1. The molecule has 1 aliphatic carbocycles. The van der Waals surface area contributed by atoms with Gasteiger partial charge in [0.05, 0.1) is 18.7 Å². The molecule has 5 nitrogen and oxygen atoms in total. The van der Waals surface area contributed by atoms with E-state index in [4.69, 9.17) is 0 Å². The molecule has 0 unspecified atom stereocenters. The molecule has 1 saturated heterocycles. The molecule has 2 aromatic heterocycles. The predicted molar refractivity (Wildman–Crippen MR) is 117 cm³/mol. The van der Waals surface area contributed by atoms with Gasteiger partial charge in [-0.1, -0.05) is 18.9 Å². The normalized spacial score (nSPS) is 22.1. The second-order valence-electron chi connectivity index (χ2n) is 8.48. The molecule has 2 aliphatic rings. The van der Waals surface area contributed by atoms with Crippen molar-refractivity contribution in [2.45, 2.75) is 65.0 Å². The summed E-state index contributed by atoms with van der Waals surface area (Å²) in [6.45, 7) is 6.10. The Hall–Kier alpha value is -2.10. The van der Waals surface area contributed by atoms with Crippen LogP contribution >= 0.6 is 11.3 Å². The number of anilines is 1. The highest BCUT2D eigenvalue weighted by Gasteiger charge is 2.34. The molecule has 1 aliphatic heterocycles. The van der Waals surface area contributed by atoms with E-state index in [9.17, 15) is 10.1 Å². The van der Waals surface area contributed by atoms with Crippen molar-refractivity contribution in [3.05, 3.63) is 39.2 Å². The molecule has 0 radical (unpaired) electrons. The van der Waals surface area contributed by atoms with Crippen LogP contribution in [0, 0.1) is 31.1 Å². The highest BCUT2D eigenvalue weighted by Crippen LogP contribution is 2.35. The number of nitrogens with zero attached hydrogens (tertiary/aromatic N) is 3. The summed E-state index contributed by atoms with van der Waals surface area (Å²) in [5.74, 6) is 1.41. The van der Waals surface area contributed by atoms with Gasteiger partial charge in [-0.25, -0.2) is 0 Å². The van der Waals surface area contributed by atoms with Gasteiger partial charge >= 0.3 is 0 Å². The van der Waals surface area contributed by atoms with E-state index >= 15 is 0 Å². The van der Waals surface area contributed by atoms with Gasteiger partial charge in [0.15, 0.2) is 0 Å². The van der Waals surface area contributed by atoms with Gasteiger partial charge in [-0.2, -0.15) is 5.26 Å². The summed E-state index contributed by atoms with van der Waals surface area (Å²) >= 11 is 1.69. The Labute approximate surface area is 177 Å². The van der Waals surface area contributed by atoms with Gasteiger partial charge < -0.3 is 9.88 Å². The summed E-state index contributed by atoms with van der Waals surface area (Å²) in [6, 6.07) is 6.99. The van der Waals surface area contributed by atoms with E-state index in [0.29, 0.717) is 30.5 Å². The molecule has 154 valence electrons. The van der Waals surface area contributed by atoms with Gasteiger partial charge in [-0.3, -0.25) is 9.69 Å². The fourth-order valence-corrected chi connectivity index (χ4v) is 5.86. The minimum Gasteiger partial charge on any atom is -0.325 e. The summed E-state index contributed by atoms with van der Waals surface area (Å²) in [5.41, 5.74) is 2.57. The molecular weight excluding hydrogens is 380 g/mol. The largest absolute Gasteiger partial charge is 0.325 e. The smallest absolute Gasteiger partial charge is 0.239 e. The third-order valence-corrected chi connectivity index (χ3v) is 7.66. The average Bonchev–Trinajstić information content (AvgIpc) is 3.31. The molecule has 1 amide bonds. The topological polar surface area (TPSA) is 61.1 Å². The maximum atomic E-state index is 13.0. The number of carbonyl (C=O) groups is 1. The minimum atomic E-state index is -0.00217. The summed E-state index contributed by atoms with van der Waals surface area (Å²) in [6.07, 6.45) is 7.63. The van der Waals surface area contributed by atoms with Crippen molar-refractivity contribution in [2.75, 3.05) is 18.4 Å². The predicted octanol–water partition coefficient (Wildman–Crippen LogP) is 4.68. The van der Waals surface area contributed by atoms with Crippen molar-refractivity contribution >= 4 is 23.1 Å². The summed E-state index contributed by atoms with van der Waals surface area (Å²) < 4.78 is 2.08. The zero-order chi connectivity index (χ0) is 20.4. The Bertz CT molecular complexity index is 906. The number of hydrogen-bond acceptors (Lipinski definition) is 4. The number of nitriles is 1. The Morgan fingerprint density at radius 1 is 1.28 bits per heavy atom. The third-order valence-electron chi connectivity index (χ3n) is 6.80. The number of hydrogen-bond donors (Lipinski definition) is 1. The molecular formula is C23H30N4OS. The number of fused-ring (bicyclic) bond motifs is 1. The molecule has 0 aromatic carbocycles. The molecule has 6 heteroatoms. The van der Waals surface area contributed by atoms with Crippen molar-refractivity contribution in [1.29, 1.82) is 5.26 Å². The third kappa shape index (κ3) is 4.12. The van der Waals surface area contributed by atoms with E-state index in [2.05, 4.69) is 32.3 Å². The average molecular weight is 411 g/mol. The van der Waals surface area contributed by atoms with Gasteiger partial charge in [0.2, 0.25) is 5.91 Å². The van der Waals surface area contributed by atoms with Crippen LogP contribution in [0.25, 0.3) is 0 Å². The molecule has 0 bridgehead atoms. The monoisotopic (exact) mass is 410 g/mol. The number of piperidine rings is 1. The number of carbonyl (C=O) groups excluding carboxylic acids is 1. The standard InChI is InChI=1S/C23H30N4OS/c1-16-17(2)27(14-19-9-6-12-29-19)23(20(16)13-24)25-22(28)15-26-11-5-8-18-7-3-4-10-21(18)26/h6,9,12,18,21H,3-5,7-8,10-11,14-15H2,1-2H3,(H,25,28)/t18-,21-/m0/s1. The molecule has 1 saturated carbocycles. The van der Waals surface area contributed by atoms with Crippen LogP contribution < -0.4 is 5.32 Å². The van der Waals surface area contributed by atoms with Gasteiger partial charge in [-0.05, 0) is 69.0 Å². The number of likely N-dealkylation sites (tertiary alicyclic amines) is 1. The van der Waals surface area contributed by atoms with Crippen LogP contribution in [0.5, 0.6) is 0 Å². The van der Waals surface area contributed by atoms with E-state index in [1.165, 1.54) is 43.4 Å². The first-order valence-corrected chi connectivity index (χ1v) is 11.6. The van der Waals surface area contributed by atoms with E-state index in [1.807, 2.05) is 19.9 Å². The zero-order valence-corrected chi connectivity index (χ0v) is 18.2. The van der Waals surface area contributed by atoms with Gasteiger partial charge in [0.1, 0.15) is 11.9 Å². The molecule has 2 aromatic rings. The van der Waals surface area contributed by atoms with Crippen LogP contribution in [0.3, 0.4) is 0 Å². The molecule has 3 heterocycles. The lowest BCUT2D eigenvalue weighted by atomic mass is 9.78. The fraction of sp³-hybridized carbons (Fsp3) is 0.565. The maximum absolute atomic E-state index is 13.0. The number of aromatic nitrogens is 1. The highest BCUT2D eigenvalue weighted by molar-refractivity contribution is 7.09. The Balaban J connectivity index is 1.53. The lowest BCUT2D eigenvalue weighted by molar-refractivity contribution is -0.119. The first-order chi connectivity index (χ1) is 14.1. The summed E-state index contributed by atoms with van der Waals surface area (Å²) in [7, 11) is 0. The maximum Gasteiger partial charge on any atom is 0.239 e. The van der Waals surface area contributed by atoms with Crippen molar-refractivity contribution < 1.29 is 4.79 Å². The van der Waals surface area contributed by atoms with Crippen molar-refractivity contribution in [3.63, 3.8) is 0 Å². The van der Waals surface area contributed by atoms with Crippen molar-refractivity contribution in [2.24, 2.45) is 5.92 Å². The Kier molecular flexibility index (Phi) is 6.07. The molecule has 2 atom stereocenters. The van der Waals surface area contributed by atoms with E-state index in [-0.39, 0.29) is 5.91 Å². The Morgan fingerprint density at radius 2 is 2.07 bits per heavy atom. The number of nitrogens with one attached hydrogen (secondary N) is 1. The van der Waals surface area contributed by atoms with Crippen LogP contribution in [-0.2, 0) is 11.3 Å². The van der Waals surface area contributed by atoms with Gasteiger partial charge in [0.25, 0.3) is 0 Å². The van der Waals surface area contributed by atoms with Crippen LogP contribution in [0.2, 0.25) is 0 Å². The first-order valence-electron chi connectivity index (χ1n) is 10.7. The van der Waals surface area contributed by atoms with E-state index in [1.54, 1.807) is 11.3 Å². The molecule has 29 heavy (non-hydrogen) atoms. The van der Waals surface area contributed by atoms with Gasteiger partial charge in [0, 0.05) is 16.6 Å². The van der Waals surface area contributed by atoms with Gasteiger partial charge in [-0.15, -0.1) is 11.3 Å². The van der Waals surface area contributed by atoms with E-state index < -0.39 is 0 Å². The van der Waals surface area contributed by atoms with Crippen LogP contribution in [0.4, 0.5) is 5.82 Å². The minimum absolute atomic E-state index is 0.00217. The SMILES string of the molecule is Cc1c(C#N)c(NC(=O)CN2CCC[C@@H]3CCCC[C@@H]32)n(Cc2cccs2)c1C. The second-order valence-corrected chi connectivity index (χ2v) is 9.52. The summed E-state index contributed by atoms with van der Waals surface area (Å²) in [5, 5.41) is 14.9. The lowest BCUT2D eigenvalue weighted by Gasteiger charge is -2.43. The summed E-state index contributed by atoms with van der Waals surface area (Å²) in [4.78, 5) is 16.6. The quantitative estimate of drug-likeness (QED) is 0.778. The molecule has 0 spiro atoms. The van der Waals surface area contributed by atoms with Crippen molar-refractivity contribution in [1.82, 2.24) is 9.47 Å². The second kappa shape index (κ2) is 8.73. The van der Waals surface area contributed by atoms with Crippen LogP contribution in [0.1, 0.15) is 60.2 Å². The highest BCUT2D eigenvalue weighted by atomic mass is 32.1. The first kappa shape index (κ1) is 20.2. The lowest BCUT2D eigenvalue weighted by Crippen LogP contribution is -2.49. The molecule has 1 N–H and O–H groups in total. The molecule has 2 fully saturated rings. The van der Waals surface area contributed by atoms with Crippen molar-refractivity contribution in [3.8, 4) is 6.07 Å². The molecule has 4 rings (SSSR count). The number of amides is 1. The van der Waals surface area contributed by atoms with Crippen LogP contribution in [0.15, 0.2) is 17.5 Å². The van der Waals surface area contributed by atoms with Crippen LogP contribution in [-0.4, -0.2) is 34.5 Å². The number of rotatable bonds is 5. The fourth-order valence-electron chi connectivity index (χ4n) is 5.17. The Morgan fingerprint density at radius 3 is 2.83 bits per heavy atom. The van der Waals surface area contributed by atoms with E-state index in [0.717, 1.165) is 23.7 Å². The zero-order valence-electron chi connectivity index (χ0n) is 17.4.